The van der Waals surface area contributed by atoms with Gasteiger partial charge in [0.25, 0.3) is 34.1 Å². The van der Waals surface area contributed by atoms with Gasteiger partial charge in [-0.05, 0) is 145 Å². The van der Waals surface area contributed by atoms with Crippen LogP contribution in [0.15, 0.2) is 159 Å². The van der Waals surface area contributed by atoms with E-state index < -0.39 is 61.1 Å². The van der Waals surface area contributed by atoms with Gasteiger partial charge in [0, 0.05) is 68.1 Å². The maximum atomic E-state index is 14.5. The number of sulfone groups is 1. The summed E-state index contributed by atoms with van der Waals surface area (Å²) in [6.07, 6.45) is 7.88. The van der Waals surface area contributed by atoms with E-state index in [-0.39, 0.29) is 16.0 Å². The molecule has 2 N–H and O–H groups in total. The molecule has 0 spiro atoms. The van der Waals surface area contributed by atoms with E-state index in [2.05, 4.69) is 85.8 Å². The number of likely N-dealkylation sites (N-methyl/N-ethyl adjacent to an activating group) is 1. The summed E-state index contributed by atoms with van der Waals surface area (Å²) >= 11 is 1.55. The van der Waals surface area contributed by atoms with Crippen molar-refractivity contribution in [2.45, 2.75) is 130 Å². The number of alkyl halides is 3. The first-order chi connectivity index (χ1) is 37.6. The average Bonchev–Trinajstić information content (AvgIpc) is 2.39. The number of anilines is 2. The van der Waals surface area contributed by atoms with Gasteiger partial charge in [0.15, 0.2) is 0 Å². The molecule has 2 atom stereocenters. The molecule has 18 heteroatoms. The molecule has 430 valence electrons. The van der Waals surface area contributed by atoms with Crippen molar-refractivity contribution in [3.05, 3.63) is 150 Å². The smallest absolute Gasteiger partial charge is 0.406 e. The average molecular weight is 1170 g/mol. The molecule has 5 aromatic carbocycles. The normalized spacial score (nSPS) is 21.6. The minimum atomic E-state index is -6.11. The first-order valence-corrected chi connectivity index (χ1v) is 33.6. The number of nitrogens with one attached hydrogen (secondary N) is 2. The van der Waals surface area contributed by atoms with E-state index in [4.69, 9.17) is 4.43 Å². The Morgan fingerprint density at radius 1 is 0.800 bits per heavy atom. The number of thioether (sulfide) groups is 1. The van der Waals surface area contributed by atoms with E-state index >= 15 is 0 Å². The summed E-state index contributed by atoms with van der Waals surface area (Å²) in [5.74, 6) is -1.02. The zero-order chi connectivity index (χ0) is 57.5. The minimum absolute atomic E-state index is 0.0100. The third-order valence-electron chi connectivity index (χ3n) is 17.1. The Morgan fingerprint density at radius 2 is 1.38 bits per heavy atom. The Morgan fingerprint density at radius 3 is 1.93 bits per heavy atom. The summed E-state index contributed by atoms with van der Waals surface area (Å²) in [4.78, 5) is 19.3. The molecule has 4 fully saturated rings. The van der Waals surface area contributed by atoms with E-state index in [1.807, 2.05) is 78.5 Å². The third kappa shape index (κ3) is 12.7. The van der Waals surface area contributed by atoms with Gasteiger partial charge in [-0.1, -0.05) is 132 Å². The number of hydrogen-bond donors (Lipinski definition) is 2. The summed E-state index contributed by atoms with van der Waals surface area (Å²) in [6, 6.07) is 38.6. The van der Waals surface area contributed by atoms with Gasteiger partial charge in [-0.3, -0.25) is 14.6 Å². The molecule has 0 aromatic heterocycles. The lowest BCUT2D eigenvalue weighted by molar-refractivity contribution is -0.167. The van der Waals surface area contributed by atoms with Crippen LogP contribution in [0.4, 0.5) is 24.5 Å². The summed E-state index contributed by atoms with van der Waals surface area (Å²) in [7, 11) is -11.9. The van der Waals surface area contributed by atoms with Crippen LogP contribution in [0.3, 0.4) is 0 Å². The SMILES string of the molecule is C[C@H](C[C@H](Sc1ccccc1)N(C)CCO[Si](c1ccccc1)(c1ccccc1)C(C)(C)C)Nc1ccc(S(=O)(=O)NC(=O)c2ccc(N3CCN(CC4=C(C56CC(C)(C5)C6)CC(C)(C)CC4)CC3)cc2)cc1S(=O)(=O)C(F)(F)F. The van der Waals surface area contributed by atoms with Crippen LogP contribution in [0.1, 0.15) is 104 Å². The highest BCUT2D eigenvalue weighted by atomic mass is 32.2. The second-order valence-electron chi connectivity index (χ2n) is 25.1. The van der Waals surface area contributed by atoms with Gasteiger partial charge < -0.3 is 14.6 Å². The lowest BCUT2D eigenvalue weighted by Crippen LogP contribution is -2.67. The number of allylic oxidation sites excluding steroid dienone is 1. The molecule has 2 bridgehead atoms. The topological polar surface area (TPSA) is 128 Å². The van der Waals surface area contributed by atoms with Crippen LogP contribution in [0, 0.1) is 16.2 Å². The van der Waals surface area contributed by atoms with Gasteiger partial charge in [-0.25, -0.2) is 21.6 Å². The van der Waals surface area contributed by atoms with Crippen molar-refractivity contribution in [1.29, 1.82) is 0 Å². The third-order valence-corrected chi connectivity index (χ3v) is 26.4. The van der Waals surface area contributed by atoms with Crippen molar-refractivity contribution in [2.24, 2.45) is 16.2 Å². The fourth-order valence-electron chi connectivity index (χ4n) is 13.2. The van der Waals surface area contributed by atoms with Crippen LogP contribution >= 0.6 is 11.8 Å². The number of hydrogen-bond acceptors (Lipinski definition) is 11. The molecular formula is C62H78F3N5O6S3Si. The summed E-state index contributed by atoms with van der Waals surface area (Å²) in [5.41, 5.74) is -0.593. The van der Waals surface area contributed by atoms with Crippen LogP contribution in [-0.2, 0) is 24.3 Å². The molecule has 3 saturated carbocycles. The maximum Gasteiger partial charge on any atom is 0.501 e. The Balaban J connectivity index is 0.861. The number of halogens is 3. The van der Waals surface area contributed by atoms with Crippen LogP contribution in [0.5, 0.6) is 0 Å². The van der Waals surface area contributed by atoms with Gasteiger partial charge in [-0.2, -0.15) is 13.2 Å². The molecule has 1 saturated heterocycles. The first-order valence-electron chi connectivity index (χ1n) is 27.9. The number of rotatable bonds is 21. The van der Waals surface area contributed by atoms with Crippen molar-refractivity contribution in [3.8, 4) is 0 Å². The summed E-state index contributed by atoms with van der Waals surface area (Å²) in [6.45, 7) is 20.8. The van der Waals surface area contributed by atoms with Crippen LogP contribution < -0.4 is 25.3 Å². The van der Waals surface area contributed by atoms with E-state index in [1.54, 1.807) is 42.0 Å². The second kappa shape index (κ2) is 23.0. The van der Waals surface area contributed by atoms with Crippen LogP contribution in [0.25, 0.3) is 0 Å². The van der Waals surface area contributed by atoms with Crippen LogP contribution in [-0.4, -0.2) is 111 Å². The molecule has 1 amide bonds. The first kappa shape index (κ1) is 59.7. The predicted molar refractivity (Wildman–Crippen MR) is 318 cm³/mol. The zero-order valence-electron chi connectivity index (χ0n) is 47.4. The lowest BCUT2D eigenvalue weighted by Gasteiger charge is -2.72. The number of carbonyl (C=O) groups is 1. The molecule has 4 aliphatic carbocycles. The van der Waals surface area contributed by atoms with Crippen molar-refractivity contribution in [3.63, 3.8) is 0 Å². The Kier molecular flexibility index (Phi) is 17.2. The number of benzene rings is 5. The molecule has 0 radical (unpaired) electrons. The van der Waals surface area contributed by atoms with Crippen LogP contribution in [0.2, 0.25) is 5.04 Å². The van der Waals surface area contributed by atoms with Crippen molar-refractivity contribution in [2.75, 3.05) is 63.1 Å². The van der Waals surface area contributed by atoms with E-state index in [0.29, 0.717) is 41.9 Å². The van der Waals surface area contributed by atoms with E-state index in [1.165, 1.54) is 44.2 Å². The predicted octanol–water partition coefficient (Wildman–Crippen LogP) is 11.7. The molecule has 5 aromatic rings. The molecule has 5 aliphatic rings. The highest BCUT2D eigenvalue weighted by molar-refractivity contribution is 7.99. The quantitative estimate of drug-likeness (QED) is 0.0315. The Labute approximate surface area is 478 Å². The summed E-state index contributed by atoms with van der Waals surface area (Å²) < 4.78 is 107. The van der Waals surface area contributed by atoms with Gasteiger partial charge in [-0.15, -0.1) is 11.8 Å². The van der Waals surface area contributed by atoms with E-state index in [0.717, 1.165) is 72.2 Å². The summed E-state index contributed by atoms with van der Waals surface area (Å²) in [5, 5.41) is 4.71. The van der Waals surface area contributed by atoms with Gasteiger partial charge in [0.1, 0.15) is 4.90 Å². The molecule has 1 heterocycles. The monoisotopic (exact) mass is 1170 g/mol. The number of carbonyl (C=O) groups excluding carboxylic acids is 1. The zero-order valence-corrected chi connectivity index (χ0v) is 50.9. The highest BCUT2D eigenvalue weighted by Crippen LogP contribution is 2.77. The largest absolute Gasteiger partial charge is 0.501 e. The lowest BCUT2D eigenvalue weighted by atomic mass is 9.33. The fourth-order valence-corrected chi connectivity index (χ4v) is 21.0. The second-order valence-corrected chi connectivity index (χ2v) is 34.2. The number of amides is 1. The van der Waals surface area contributed by atoms with Gasteiger partial charge >= 0.3 is 5.51 Å². The van der Waals surface area contributed by atoms with Crippen molar-refractivity contribution in [1.82, 2.24) is 14.5 Å². The minimum Gasteiger partial charge on any atom is -0.406 e. The molecule has 11 nitrogen and oxygen atoms in total. The molecular weight excluding hydrogens is 1090 g/mol. The molecule has 1 aliphatic heterocycles. The number of nitrogens with zero attached hydrogens (tertiary/aromatic N) is 3. The molecule has 80 heavy (non-hydrogen) atoms. The molecule has 10 rings (SSSR count). The van der Waals surface area contributed by atoms with Gasteiger partial charge in [0.2, 0.25) is 0 Å². The van der Waals surface area contributed by atoms with Crippen molar-refractivity contribution >= 4 is 67.6 Å². The molecule has 0 unspecified atom stereocenters. The number of sulfonamides is 1. The van der Waals surface area contributed by atoms with Gasteiger partial charge in [0.05, 0.1) is 16.0 Å². The maximum absolute atomic E-state index is 14.5. The fraction of sp³-hybridized carbons (Fsp3) is 0.468. The van der Waals surface area contributed by atoms with E-state index in [9.17, 15) is 34.8 Å². The standard InChI is InChI=1S/C62H78F3N5O6S3Si/c1-45(38-56(77-49-18-12-9-13-19-49)68(8)36-37-76-80(58(2,3)4,51-20-14-10-15-21-51)52-22-16-11-17-23-52)66-54-29-28-50(39-55(54)78(72,73)62(63,64)65)79(74,75)67-57(71)46-24-26-48(27-25-46)70-34-32-69(33-35-70)41-47-30-31-59(5,6)40-53(47)61-42-60(7,43-61)44-61/h9-29,39,45,56,66H,30-38,40-44H2,1-8H3,(H,67,71)/t45-,56+,60?,61?/m1/s1. The highest BCUT2D eigenvalue weighted by Gasteiger charge is 2.67. The Bertz CT molecular complexity index is 3200. The Hall–Kier alpha value is -4.95. The number of piperazine rings is 1. The van der Waals surface area contributed by atoms with Crippen molar-refractivity contribution < 1.29 is 39.2 Å².